The second-order valence-electron chi connectivity index (χ2n) is 4.01. The second kappa shape index (κ2) is 5.64. The van der Waals surface area contributed by atoms with Crippen LogP contribution in [-0.2, 0) is 14.8 Å². The van der Waals surface area contributed by atoms with E-state index < -0.39 is 28.1 Å². The van der Waals surface area contributed by atoms with Crippen LogP contribution in [0.3, 0.4) is 0 Å². The highest BCUT2D eigenvalue weighted by atomic mass is 35.5. The number of carbonyl (C=O) groups is 1. The predicted molar refractivity (Wildman–Crippen MR) is 69.9 cm³/mol. The summed E-state index contributed by atoms with van der Waals surface area (Å²) in [6, 6.07) is 3.58. The summed E-state index contributed by atoms with van der Waals surface area (Å²) in [7, 11) is -4.18. The van der Waals surface area contributed by atoms with Crippen molar-refractivity contribution in [1.82, 2.24) is 4.72 Å². The molecule has 0 fully saturated rings. The molecule has 1 rings (SSSR count). The number of benzene rings is 1. The van der Waals surface area contributed by atoms with Crippen LogP contribution in [0, 0.1) is 0 Å². The zero-order valence-electron chi connectivity index (χ0n) is 9.72. The highest BCUT2D eigenvalue weighted by Gasteiger charge is 2.37. The van der Waals surface area contributed by atoms with Crippen LogP contribution in [0.2, 0.25) is 10.0 Å². The molecule has 0 aromatic heterocycles. The standard InChI is InChI=1S/C10H11Cl2NO5S/c1-10(5-14,9(15)16)13-19(17,18)8-3-6(11)2-7(12)4-8/h2-4,13-14H,5H2,1H3,(H,15,16)/t10-/m1/s1. The Kier molecular flexibility index (Phi) is 4.81. The van der Waals surface area contributed by atoms with Crippen LogP contribution in [0.1, 0.15) is 6.92 Å². The summed E-state index contributed by atoms with van der Waals surface area (Å²) < 4.78 is 25.9. The third-order valence-corrected chi connectivity index (χ3v) is 4.31. The first-order valence-electron chi connectivity index (χ1n) is 4.95. The molecule has 106 valence electrons. The van der Waals surface area contributed by atoms with Gasteiger partial charge in [-0.15, -0.1) is 0 Å². The van der Waals surface area contributed by atoms with Gasteiger partial charge in [0.05, 0.1) is 11.5 Å². The lowest BCUT2D eigenvalue weighted by Crippen LogP contribution is -2.54. The van der Waals surface area contributed by atoms with Crippen LogP contribution in [-0.4, -0.2) is 36.7 Å². The van der Waals surface area contributed by atoms with Crippen molar-refractivity contribution in [2.45, 2.75) is 17.4 Å². The maximum atomic E-state index is 12.0. The van der Waals surface area contributed by atoms with Gasteiger partial charge in [-0.25, -0.2) is 8.42 Å². The third-order valence-electron chi connectivity index (χ3n) is 2.29. The molecule has 0 aliphatic rings. The number of hydrogen-bond donors (Lipinski definition) is 3. The molecule has 0 radical (unpaired) electrons. The number of aliphatic hydroxyl groups excluding tert-OH is 1. The third kappa shape index (κ3) is 3.80. The Morgan fingerprint density at radius 3 is 2.16 bits per heavy atom. The fourth-order valence-electron chi connectivity index (χ4n) is 1.18. The fraction of sp³-hybridized carbons (Fsp3) is 0.300. The molecule has 0 aliphatic carbocycles. The molecule has 1 aromatic carbocycles. The number of halogens is 2. The van der Waals surface area contributed by atoms with Crippen molar-refractivity contribution >= 4 is 39.2 Å². The molecule has 0 saturated heterocycles. The van der Waals surface area contributed by atoms with Gasteiger partial charge >= 0.3 is 5.97 Å². The monoisotopic (exact) mass is 327 g/mol. The molecule has 6 nitrogen and oxygen atoms in total. The Balaban J connectivity index is 3.21. The molecule has 0 unspecified atom stereocenters. The average Bonchev–Trinajstić information content (AvgIpc) is 2.26. The van der Waals surface area contributed by atoms with Crippen molar-refractivity contribution < 1.29 is 23.4 Å². The second-order valence-corrected chi connectivity index (χ2v) is 6.56. The number of rotatable bonds is 5. The van der Waals surface area contributed by atoms with Gasteiger partial charge < -0.3 is 10.2 Å². The quantitative estimate of drug-likeness (QED) is 0.751. The summed E-state index contributed by atoms with van der Waals surface area (Å²) in [4.78, 5) is 10.7. The van der Waals surface area contributed by atoms with E-state index in [2.05, 4.69) is 0 Å². The number of aliphatic carboxylic acids is 1. The van der Waals surface area contributed by atoms with E-state index in [0.29, 0.717) is 0 Å². The van der Waals surface area contributed by atoms with Crippen LogP contribution in [0.15, 0.2) is 23.1 Å². The lowest BCUT2D eigenvalue weighted by molar-refractivity contribution is -0.144. The van der Waals surface area contributed by atoms with Gasteiger partial charge in [-0.05, 0) is 25.1 Å². The molecule has 0 bridgehead atoms. The number of hydrogen-bond acceptors (Lipinski definition) is 4. The maximum Gasteiger partial charge on any atom is 0.327 e. The normalized spacial score (nSPS) is 14.9. The molecular formula is C10H11Cl2NO5S. The summed E-state index contributed by atoms with van der Waals surface area (Å²) in [5.74, 6) is -1.51. The van der Waals surface area contributed by atoms with Crippen molar-refractivity contribution in [3.05, 3.63) is 28.2 Å². The van der Waals surface area contributed by atoms with E-state index in [0.717, 1.165) is 19.1 Å². The van der Waals surface area contributed by atoms with Gasteiger partial charge in [0.1, 0.15) is 5.54 Å². The van der Waals surface area contributed by atoms with E-state index in [4.69, 9.17) is 33.4 Å². The molecular weight excluding hydrogens is 317 g/mol. The molecule has 0 amide bonds. The van der Waals surface area contributed by atoms with Crippen LogP contribution < -0.4 is 4.72 Å². The average molecular weight is 328 g/mol. The summed E-state index contributed by atoms with van der Waals surface area (Å²) >= 11 is 11.4. The number of nitrogens with one attached hydrogen (secondary N) is 1. The van der Waals surface area contributed by atoms with Gasteiger partial charge in [0.25, 0.3) is 0 Å². The Morgan fingerprint density at radius 1 is 1.32 bits per heavy atom. The Bertz CT molecular complexity index is 584. The smallest absolute Gasteiger partial charge is 0.327 e. The summed E-state index contributed by atoms with van der Waals surface area (Å²) in [5, 5.41) is 18.1. The Hall–Kier alpha value is -0.860. The van der Waals surface area contributed by atoms with E-state index in [1.807, 2.05) is 4.72 Å². The lowest BCUT2D eigenvalue weighted by atomic mass is 10.1. The van der Waals surface area contributed by atoms with Crippen molar-refractivity contribution in [2.24, 2.45) is 0 Å². The van der Waals surface area contributed by atoms with E-state index in [9.17, 15) is 13.2 Å². The van der Waals surface area contributed by atoms with Gasteiger partial charge in [0.15, 0.2) is 0 Å². The minimum absolute atomic E-state index is 0.0916. The van der Waals surface area contributed by atoms with E-state index >= 15 is 0 Å². The van der Waals surface area contributed by atoms with Crippen molar-refractivity contribution in [3.63, 3.8) is 0 Å². The summed E-state index contributed by atoms with van der Waals surface area (Å²) in [6.45, 7) is 0.134. The Morgan fingerprint density at radius 2 is 1.79 bits per heavy atom. The van der Waals surface area contributed by atoms with Crippen LogP contribution in [0.25, 0.3) is 0 Å². The molecule has 0 heterocycles. The van der Waals surface area contributed by atoms with Crippen molar-refractivity contribution in [1.29, 1.82) is 0 Å². The number of carboxylic acid groups (broad SMARTS) is 1. The molecule has 1 atom stereocenters. The zero-order valence-corrected chi connectivity index (χ0v) is 12.1. The molecule has 0 spiro atoms. The van der Waals surface area contributed by atoms with E-state index in [1.165, 1.54) is 6.07 Å². The first-order chi connectivity index (χ1) is 8.60. The minimum atomic E-state index is -4.18. The Labute approximate surface area is 120 Å². The van der Waals surface area contributed by atoms with E-state index in [-0.39, 0.29) is 14.9 Å². The molecule has 0 saturated carbocycles. The summed E-state index contributed by atoms with van der Waals surface area (Å²) in [6.07, 6.45) is 0. The SMILES string of the molecule is C[C@](CO)(NS(=O)(=O)c1cc(Cl)cc(Cl)c1)C(=O)O. The highest BCUT2D eigenvalue weighted by Crippen LogP contribution is 2.23. The fourth-order valence-corrected chi connectivity index (χ4v) is 3.27. The molecule has 3 N–H and O–H groups in total. The first-order valence-corrected chi connectivity index (χ1v) is 7.19. The van der Waals surface area contributed by atoms with Gasteiger partial charge in [0.2, 0.25) is 10.0 Å². The summed E-state index contributed by atoms with van der Waals surface area (Å²) in [5.41, 5.74) is -2.03. The topological polar surface area (TPSA) is 104 Å². The maximum absolute atomic E-state index is 12.0. The van der Waals surface area contributed by atoms with Gasteiger partial charge in [-0.1, -0.05) is 23.2 Å². The molecule has 0 aliphatic heterocycles. The number of aliphatic hydroxyl groups is 1. The van der Waals surface area contributed by atoms with Gasteiger partial charge in [0, 0.05) is 10.0 Å². The molecule has 1 aromatic rings. The zero-order chi connectivity index (χ0) is 14.8. The lowest BCUT2D eigenvalue weighted by Gasteiger charge is -2.23. The predicted octanol–water partition coefficient (Wildman–Crippen LogP) is 1.11. The largest absolute Gasteiger partial charge is 0.480 e. The number of carboxylic acids is 1. The van der Waals surface area contributed by atoms with Gasteiger partial charge in [-0.2, -0.15) is 4.72 Å². The van der Waals surface area contributed by atoms with E-state index in [1.54, 1.807) is 0 Å². The van der Waals surface area contributed by atoms with Gasteiger partial charge in [-0.3, -0.25) is 4.79 Å². The first kappa shape index (κ1) is 16.2. The van der Waals surface area contributed by atoms with Crippen molar-refractivity contribution in [3.8, 4) is 0 Å². The van der Waals surface area contributed by atoms with Crippen LogP contribution in [0.4, 0.5) is 0 Å². The van der Waals surface area contributed by atoms with Crippen molar-refractivity contribution in [2.75, 3.05) is 6.61 Å². The highest BCUT2D eigenvalue weighted by molar-refractivity contribution is 7.89. The molecule has 19 heavy (non-hydrogen) atoms. The van der Waals surface area contributed by atoms with Crippen LogP contribution >= 0.6 is 23.2 Å². The minimum Gasteiger partial charge on any atom is -0.480 e. The molecule has 9 heteroatoms. The van der Waals surface area contributed by atoms with Crippen LogP contribution in [0.5, 0.6) is 0 Å². The number of sulfonamides is 1.